The smallest absolute Gasteiger partial charge is 0.220 e. The molecule has 214 valence electrons. The predicted octanol–water partition coefficient (Wildman–Crippen LogP) is 6.20. The Balaban J connectivity index is 1.21. The van der Waals surface area contributed by atoms with Gasteiger partial charge >= 0.3 is 0 Å². The first-order valence-corrected chi connectivity index (χ1v) is 15.7. The van der Waals surface area contributed by atoms with Crippen LogP contribution in [0.2, 0.25) is 0 Å². The van der Waals surface area contributed by atoms with Crippen LogP contribution >= 0.6 is 0 Å². The number of hydrogen-bond acceptors (Lipinski definition) is 3. The molecule has 2 fully saturated rings. The van der Waals surface area contributed by atoms with Crippen molar-refractivity contribution in [2.45, 2.75) is 84.5 Å². The number of amidine groups is 1. The van der Waals surface area contributed by atoms with Crippen molar-refractivity contribution in [2.75, 3.05) is 33.2 Å². The van der Waals surface area contributed by atoms with Crippen LogP contribution in [0.3, 0.4) is 0 Å². The van der Waals surface area contributed by atoms with Crippen LogP contribution in [-0.4, -0.2) is 45.0 Å². The van der Waals surface area contributed by atoms with Crippen LogP contribution in [-0.2, 0) is 11.2 Å². The van der Waals surface area contributed by atoms with Gasteiger partial charge in [-0.05, 0) is 105 Å². The largest absolute Gasteiger partial charge is 0.366 e. The van der Waals surface area contributed by atoms with Gasteiger partial charge in [0.2, 0.25) is 5.91 Å². The normalized spacial score (nSPS) is 26.3. The van der Waals surface area contributed by atoms with Gasteiger partial charge in [-0.15, -0.1) is 0 Å². The monoisotopic (exact) mass is 532 g/mol. The number of rotatable bonds is 11. The minimum Gasteiger partial charge on any atom is -0.366 e. The lowest BCUT2D eigenvalue weighted by Crippen LogP contribution is -2.30. The second-order valence-corrected chi connectivity index (χ2v) is 12.2. The van der Waals surface area contributed by atoms with Crippen LogP contribution in [0, 0.1) is 23.7 Å². The Kier molecular flexibility index (Phi) is 11.7. The summed E-state index contributed by atoms with van der Waals surface area (Å²) in [6.07, 6.45) is 18.1. The highest BCUT2D eigenvalue weighted by atomic mass is 16.1. The maximum absolute atomic E-state index is 12.2. The first-order valence-electron chi connectivity index (χ1n) is 15.7. The molecule has 5 nitrogen and oxygen atoms in total. The topological polar surface area (TPSA) is 65.5 Å². The fourth-order valence-electron chi connectivity index (χ4n) is 6.74. The molecule has 39 heavy (non-hydrogen) atoms. The van der Waals surface area contributed by atoms with E-state index in [0.29, 0.717) is 12.3 Å². The standard InChI is InChI=1S/C34H52N4O/c1-4-28(29-14-16-31(17-15-29)30-10-5-25(2)6-11-30)20-22-37-34(35-3)32-12-7-26(8-13-32)9-18-33(39)38-24-27-19-21-36-23-27/h7-8,12-14,20,25,27,30-31,36H,4-6,9-11,15-19,21-24H2,1-3H3,(H,35,37)(H,38,39)/b28-20+. The molecule has 2 atom stereocenters. The van der Waals surface area contributed by atoms with Gasteiger partial charge < -0.3 is 16.0 Å². The van der Waals surface area contributed by atoms with E-state index in [9.17, 15) is 4.79 Å². The molecule has 1 amide bonds. The van der Waals surface area contributed by atoms with Gasteiger partial charge in [-0.3, -0.25) is 9.79 Å². The van der Waals surface area contributed by atoms with Crippen molar-refractivity contribution in [2.24, 2.45) is 28.7 Å². The highest BCUT2D eigenvalue weighted by Crippen LogP contribution is 2.40. The van der Waals surface area contributed by atoms with Crippen LogP contribution in [0.1, 0.15) is 89.2 Å². The number of aryl methyl sites for hydroxylation is 1. The summed E-state index contributed by atoms with van der Waals surface area (Å²) >= 11 is 0. The van der Waals surface area contributed by atoms with Gasteiger partial charge in [-0.1, -0.05) is 63.1 Å². The molecule has 1 heterocycles. The number of hydrogen-bond donors (Lipinski definition) is 3. The molecule has 2 unspecified atom stereocenters. The highest BCUT2D eigenvalue weighted by molar-refractivity contribution is 5.98. The van der Waals surface area contributed by atoms with Gasteiger partial charge in [0.15, 0.2) is 0 Å². The van der Waals surface area contributed by atoms with Gasteiger partial charge in [-0.25, -0.2) is 0 Å². The fourth-order valence-corrected chi connectivity index (χ4v) is 6.74. The summed E-state index contributed by atoms with van der Waals surface area (Å²) in [5.74, 6) is 4.45. The van der Waals surface area contributed by atoms with E-state index >= 15 is 0 Å². The molecule has 0 aromatic heterocycles. The Morgan fingerprint density at radius 1 is 1.05 bits per heavy atom. The molecular formula is C34H52N4O. The van der Waals surface area contributed by atoms with E-state index in [1.807, 2.05) is 7.05 Å². The molecule has 5 heteroatoms. The lowest BCUT2D eigenvalue weighted by Gasteiger charge is -2.34. The lowest BCUT2D eigenvalue weighted by molar-refractivity contribution is -0.121. The van der Waals surface area contributed by atoms with Crippen LogP contribution in [0.25, 0.3) is 0 Å². The third-order valence-electron chi connectivity index (χ3n) is 9.43. The number of carbonyl (C=O) groups excluding carboxylic acids is 1. The molecular weight excluding hydrogens is 480 g/mol. The van der Waals surface area contributed by atoms with Crippen molar-refractivity contribution in [1.29, 1.82) is 0 Å². The summed E-state index contributed by atoms with van der Waals surface area (Å²) in [5.41, 5.74) is 5.34. The number of nitrogens with one attached hydrogen (secondary N) is 3. The molecule has 1 aromatic rings. The van der Waals surface area contributed by atoms with E-state index < -0.39 is 0 Å². The maximum atomic E-state index is 12.2. The van der Waals surface area contributed by atoms with Gasteiger partial charge in [0, 0.05) is 32.1 Å². The number of carbonyl (C=O) groups is 1. The van der Waals surface area contributed by atoms with E-state index in [0.717, 1.165) is 74.6 Å². The van der Waals surface area contributed by atoms with Crippen molar-refractivity contribution < 1.29 is 4.79 Å². The molecule has 3 N–H and O–H groups in total. The van der Waals surface area contributed by atoms with E-state index in [1.165, 1.54) is 56.1 Å². The second kappa shape index (κ2) is 15.4. The summed E-state index contributed by atoms with van der Waals surface area (Å²) in [5, 5.41) is 9.99. The summed E-state index contributed by atoms with van der Waals surface area (Å²) in [7, 11) is 1.85. The summed E-state index contributed by atoms with van der Waals surface area (Å²) in [6.45, 7) is 8.36. The number of aliphatic imine (C=N–C) groups is 1. The van der Waals surface area contributed by atoms with Crippen molar-refractivity contribution >= 4 is 11.7 Å². The quantitative estimate of drug-likeness (QED) is 0.235. The summed E-state index contributed by atoms with van der Waals surface area (Å²) in [4.78, 5) is 16.8. The Morgan fingerprint density at radius 3 is 2.49 bits per heavy atom. The lowest BCUT2D eigenvalue weighted by atomic mass is 9.71. The third kappa shape index (κ3) is 9.06. The van der Waals surface area contributed by atoms with Gasteiger partial charge in [0.25, 0.3) is 0 Å². The molecule has 1 saturated heterocycles. The van der Waals surface area contributed by atoms with E-state index in [2.05, 4.69) is 71.2 Å². The second-order valence-electron chi connectivity index (χ2n) is 12.2. The molecule has 1 aliphatic heterocycles. The average Bonchev–Trinajstić information content (AvgIpc) is 3.50. The molecule has 3 aliphatic rings. The van der Waals surface area contributed by atoms with Crippen LogP contribution in [0.5, 0.6) is 0 Å². The minimum atomic E-state index is 0.147. The highest BCUT2D eigenvalue weighted by Gasteiger charge is 2.27. The van der Waals surface area contributed by atoms with E-state index in [4.69, 9.17) is 0 Å². The SMILES string of the molecule is CC/C(=C\CNC(=NC)c1ccc(CCC(=O)NCC2CCNC2)cc1)C1=CCC(C2CCC(C)CC2)CC1. The Labute approximate surface area is 237 Å². The number of amides is 1. The average molecular weight is 533 g/mol. The Bertz CT molecular complexity index is 995. The number of nitrogens with zero attached hydrogens (tertiary/aromatic N) is 1. The van der Waals surface area contributed by atoms with Crippen LogP contribution in [0.15, 0.2) is 52.6 Å². The van der Waals surface area contributed by atoms with Gasteiger partial charge in [-0.2, -0.15) is 0 Å². The van der Waals surface area contributed by atoms with Crippen molar-refractivity contribution in [1.82, 2.24) is 16.0 Å². The first kappa shape index (κ1) is 29.6. The zero-order valence-corrected chi connectivity index (χ0v) is 24.7. The summed E-state index contributed by atoms with van der Waals surface area (Å²) < 4.78 is 0. The van der Waals surface area contributed by atoms with Crippen molar-refractivity contribution in [3.63, 3.8) is 0 Å². The molecule has 2 aliphatic carbocycles. The summed E-state index contributed by atoms with van der Waals surface area (Å²) in [6, 6.07) is 8.49. The fraction of sp³-hybridized carbons (Fsp3) is 0.647. The first-order chi connectivity index (χ1) is 19.1. The molecule has 0 radical (unpaired) electrons. The maximum Gasteiger partial charge on any atom is 0.220 e. The third-order valence-corrected chi connectivity index (χ3v) is 9.43. The van der Waals surface area contributed by atoms with Gasteiger partial charge in [0.05, 0.1) is 0 Å². The van der Waals surface area contributed by atoms with Crippen LogP contribution in [0.4, 0.5) is 0 Å². The zero-order valence-electron chi connectivity index (χ0n) is 24.7. The Hall–Kier alpha value is -2.40. The molecule has 1 saturated carbocycles. The van der Waals surface area contributed by atoms with Crippen molar-refractivity contribution in [3.05, 3.63) is 58.7 Å². The molecule has 0 spiro atoms. The zero-order chi connectivity index (χ0) is 27.5. The molecule has 4 rings (SSSR count). The molecule has 1 aromatic carbocycles. The van der Waals surface area contributed by atoms with Gasteiger partial charge in [0.1, 0.15) is 5.84 Å². The number of allylic oxidation sites excluding steroid dienone is 3. The number of benzene rings is 1. The predicted molar refractivity (Wildman–Crippen MR) is 164 cm³/mol. The van der Waals surface area contributed by atoms with Crippen molar-refractivity contribution in [3.8, 4) is 0 Å². The van der Waals surface area contributed by atoms with E-state index in [1.54, 1.807) is 5.57 Å². The molecule has 0 bridgehead atoms. The van der Waals surface area contributed by atoms with Crippen LogP contribution < -0.4 is 16.0 Å². The minimum absolute atomic E-state index is 0.147. The van der Waals surface area contributed by atoms with E-state index in [-0.39, 0.29) is 5.91 Å². The Morgan fingerprint density at radius 2 is 1.85 bits per heavy atom.